The molecule has 5 fully saturated rings. The highest BCUT2D eigenvalue weighted by atomic mass is 17.3. The molecule has 4 saturated heterocycles. The topological polar surface area (TPSA) is 46.2 Å². The molecule has 0 aromatic carbocycles. The second kappa shape index (κ2) is 5.52. The lowest BCUT2D eigenvalue weighted by Gasteiger charge is -2.62. The van der Waals surface area contributed by atoms with Gasteiger partial charge in [0.15, 0.2) is 17.7 Å². The maximum Gasteiger partial charge on any atom is 0.201 e. The largest absolute Gasteiger partial charge is 0.346 e. The summed E-state index contributed by atoms with van der Waals surface area (Å²) in [6, 6.07) is 0. The van der Waals surface area contributed by atoms with Crippen molar-refractivity contribution in [3.05, 3.63) is 12.7 Å². The first kappa shape index (κ1) is 17.0. The number of hydrogen-bond acceptors (Lipinski definition) is 5. The monoisotopic (exact) mass is 338 g/mol. The molecular weight excluding hydrogens is 308 g/mol. The van der Waals surface area contributed by atoms with Crippen LogP contribution < -0.4 is 0 Å². The number of hydrogen-bond donors (Lipinski definition) is 0. The van der Waals surface area contributed by atoms with Crippen LogP contribution in [0.4, 0.5) is 0 Å². The van der Waals surface area contributed by atoms with E-state index >= 15 is 0 Å². The van der Waals surface area contributed by atoms with Gasteiger partial charge in [-0.1, -0.05) is 19.9 Å². The summed E-state index contributed by atoms with van der Waals surface area (Å²) in [5, 5.41) is 0. The van der Waals surface area contributed by atoms with Crippen molar-refractivity contribution in [3.8, 4) is 0 Å². The molecule has 4 heterocycles. The summed E-state index contributed by atoms with van der Waals surface area (Å²) in [5.41, 5.74) is -0.524. The van der Waals surface area contributed by atoms with Gasteiger partial charge < -0.3 is 14.2 Å². The molecule has 136 valence electrons. The molecule has 5 aliphatic rings. The Labute approximate surface area is 144 Å². The van der Waals surface area contributed by atoms with E-state index < -0.39 is 23.5 Å². The van der Waals surface area contributed by atoms with E-state index in [1.165, 1.54) is 6.42 Å². The highest BCUT2D eigenvalue weighted by Crippen LogP contribution is 2.62. The molecule has 8 atom stereocenters. The van der Waals surface area contributed by atoms with Crippen molar-refractivity contribution in [2.24, 2.45) is 23.7 Å². The Hall–Kier alpha value is -0.460. The molecule has 2 bridgehead atoms. The summed E-state index contributed by atoms with van der Waals surface area (Å²) in [5.74, 6) is -0.0161. The second-order valence-electron chi connectivity index (χ2n) is 8.43. The van der Waals surface area contributed by atoms with E-state index in [4.69, 9.17) is 24.0 Å². The van der Waals surface area contributed by atoms with Gasteiger partial charge in [0, 0.05) is 18.3 Å². The van der Waals surface area contributed by atoms with Gasteiger partial charge in [-0.2, -0.15) is 0 Å². The van der Waals surface area contributed by atoms with Crippen molar-refractivity contribution >= 4 is 0 Å². The third-order valence-electron chi connectivity index (χ3n) is 7.03. The molecule has 0 aromatic heterocycles. The number of rotatable bonds is 3. The molecule has 5 rings (SSSR count). The third kappa shape index (κ3) is 2.18. The average Bonchev–Trinajstić information content (AvgIpc) is 2.77. The normalized spacial score (nSPS) is 56.4. The van der Waals surface area contributed by atoms with Crippen LogP contribution in [0.15, 0.2) is 12.7 Å². The summed E-state index contributed by atoms with van der Waals surface area (Å²) < 4.78 is 18.8. The van der Waals surface area contributed by atoms with Gasteiger partial charge in [0.25, 0.3) is 0 Å². The molecule has 4 aliphatic heterocycles. The Bertz CT molecular complexity index is 524. The Morgan fingerprint density at radius 1 is 1.08 bits per heavy atom. The minimum atomic E-state index is -0.739. The first-order valence-corrected chi connectivity index (χ1v) is 9.32. The van der Waals surface area contributed by atoms with Crippen LogP contribution in [0.3, 0.4) is 0 Å². The first-order valence-electron chi connectivity index (χ1n) is 9.32. The van der Waals surface area contributed by atoms with Crippen LogP contribution in [0.25, 0.3) is 0 Å². The molecule has 0 N–H and O–H groups in total. The van der Waals surface area contributed by atoms with Gasteiger partial charge >= 0.3 is 0 Å². The fraction of sp³-hybridized carbons (Fsp3) is 0.895. The van der Waals surface area contributed by atoms with Gasteiger partial charge in [0.1, 0.15) is 0 Å². The Kier molecular flexibility index (Phi) is 3.90. The predicted octanol–water partition coefficient (Wildman–Crippen LogP) is 3.79. The van der Waals surface area contributed by atoms with Crippen LogP contribution in [0.2, 0.25) is 0 Å². The van der Waals surface area contributed by atoms with Crippen LogP contribution in [0.1, 0.15) is 53.4 Å². The Morgan fingerprint density at radius 2 is 1.88 bits per heavy atom. The lowest BCUT2D eigenvalue weighted by molar-refractivity contribution is -0.585. The molecular formula is C19H30O5. The quantitative estimate of drug-likeness (QED) is 0.579. The van der Waals surface area contributed by atoms with Gasteiger partial charge in [0.05, 0.1) is 6.61 Å². The van der Waals surface area contributed by atoms with Crippen molar-refractivity contribution < 1.29 is 24.0 Å². The summed E-state index contributed by atoms with van der Waals surface area (Å²) in [6.07, 6.45) is 5.46. The Morgan fingerprint density at radius 3 is 2.62 bits per heavy atom. The molecule has 0 aromatic rings. The smallest absolute Gasteiger partial charge is 0.201 e. The Balaban J connectivity index is 1.76. The minimum absolute atomic E-state index is 0.179. The zero-order valence-electron chi connectivity index (χ0n) is 15.2. The molecule has 2 unspecified atom stereocenters. The van der Waals surface area contributed by atoms with Crippen molar-refractivity contribution in [1.82, 2.24) is 0 Å². The maximum absolute atomic E-state index is 6.45. The lowest BCUT2D eigenvalue weighted by Crippen LogP contribution is -2.72. The van der Waals surface area contributed by atoms with Crippen LogP contribution in [-0.4, -0.2) is 30.1 Å². The van der Waals surface area contributed by atoms with Crippen molar-refractivity contribution in [2.75, 3.05) is 6.61 Å². The molecule has 1 aliphatic carbocycles. The van der Waals surface area contributed by atoms with E-state index in [1.807, 2.05) is 13.8 Å². The molecule has 24 heavy (non-hydrogen) atoms. The highest BCUT2D eigenvalue weighted by molar-refractivity contribution is 5.10. The molecule has 1 spiro atoms. The van der Waals surface area contributed by atoms with E-state index in [-0.39, 0.29) is 11.8 Å². The van der Waals surface area contributed by atoms with Crippen molar-refractivity contribution in [1.29, 1.82) is 0 Å². The van der Waals surface area contributed by atoms with Gasteiger partial charge in [-0.3, -0.25) is 0 Å². The maximum atomic E-state index is 6.45. The number of ether oxygens (including phenoxy) is 3. The number of fused-ring (bicyclic) bond motifs is 2. The zero-order chi connectivity index (χ0) is 17.2. The van der Waals surface area contributed by atoms with E-state index in [0.717, 1.165) is 19.3 Å². The van der Waals surface area contributed by atoms with Gasteiger partial charge in [-0.15, -0.1) is 6.58 Å². The van der Waals surface area contributed by atoms with Crippen LogP contribution in [0.5, 0.6) is 0 Å². The lowest BCUT2D eigenvalue weighted by atomic mass is 9.57. The third-order valence-corrected chi connectivity index (χ3v) is 7.03. The van der Waals surface area contributed by atoms with Gasteiger partial charge in [-0.05, 0) is 44.9 Å². The molecule has 0 amide bonds. The minimum Gasteiger partial charge on any atom is -0.346 e. The van der Waals surface area contributed by atoms with Crippen LogP contribution in [0, 0.1) is 23.7 Å². The molecule has 0 radical (unpaired) electrons. The molecule has 5 nitrogen and oxygen atoms in total. The van der Waals surface area contributed by atoms with Crippen molar-refractivity contribution in [3.63, 3.8) is 0 Å². The predicted molar refractivity (Wildman–Crippen MR) is 87.6 cm³/mol. The second-order valence-corrected chi connectivity index (χ2v) is 8.43. The van der Waals surface area contributed by atoms with Crippen LogP contribution >= 0.6 is 0 Å². The summed E-state index contributed by atoms with van der Waals surface area (Å²) >= 11 is 0. The average molecular weight is 338 g/mol. The fourth-order valence-electron chi connectivity index (χ4n) is 5.46. The van der Waals surface area contributed by atoms with Gasteiger partial charge in [-0.25, -0.2) is 9.78 Å². The fourth-order valence-corrected chi connectivity index (χ4v) is 5.46. The van der Waals surface area contributed by atoms with Crippen LogP contribution in [-0.2, 0) is 24.0 Å². The van der Waals surface area contributed by atoms with Crippen molar-refractivity contribution in [2.45, 2.75) is 76.8 Å². The summed E-state index contributed by atoms with van der Waals surface area (Å²) in [6.45, 7) is 12.7. The molecule has 5 heteroatoms. The van der Waals surface area contributed by atoms with Gasteiger partial charge in [0.2, 0.25) is 5.79 Å². The SMILES string of the molecule is C=CCO[C@@]1(C)O[C@@H]2O[C@@]3(C)CCC4[C@H](C)CC[C@@H]([C@H]1C)C42OO3. The van der Waals surface area contributed by atoms with E-state index in [1.54, 1.807) is 6.08 Å². The zero-order valence-corrected chi connectivity index (χ0v) is 15.2. The first-order chi connectivity index (χ1) is 11.3. The summed E-state index contributed by atoms with van der Waals surface area (Å²) in [7, 11) is 0. The van der Waals surface area contributed by atoms with E-state index in [9.17, 15) is 0 Å². The van der Waals surface area contributed by atoms with E-state index in [0.29, 0.717) is 18.4 Å². The van der Waals surface area contributed by atoms with E-state index in [2.05, 4.69) is 20.4 Å². The highest BCUT2D eigenvalue weighted by Gasteiger charge is 2.71. The molecule has 1 saturated carbocycles. The summed E-state index contributed by atoms with van der Waals surface area (Å²) in [4.78, 5) is 11.9. The standard InChI is InChI=1S/C19H30O5/c1-6-11-20-18(5)13(3)15-8-7-12(2)14-9-10-17(4)21-16(22-18)19(14,15)24-23-17/h6,12-16H,1,7-11H2,2-5H3/t12-,13-,14?,15+,16+,17-,18+,19?/m1/s1.